The third-order valence-corrected chi connectivity index (χ3v) is 3.67. The molecule has 0 fully saturated rings. The molecule has 0 saturated heterocycles. The van der Waals surface area contributed by atoms with Crippen LogP contribution in [-0.4, -0.2) is 28.7 Å². The second kappa shape index (κ2) is 7.09. The largest absolute Gasteiger partial charge is 0.462 e. The molecule has 6 nitrogen and oxygen atoms in total. The Hall–Kier alpha value is -2.63. The van der Waals surface area contributed by atoms with E-state index in [2.05, 4.69) is 15.5 Å². The fourth-order valence-electron chi connectivity index (χ4n) is 2.48. The zero-order valence-corrected chi connectivity index (χ0v) is 13.8. The Labute approximate surface area is 135 Å². The average Bonchev–Trinajstić information content (AvgIpc) is 2.86. The molecular formula is C17H21N3O3. The Morgan fingerprint density at radius 2 is 1.91 bits per heavy atom. The predicted molar refractivity (Wildman–Crippen MR) is 87.5 cm³/mol. The normalized spacial score (nSPS) is 11.8. The third-order valence-electron chi connectivity index (χ3n) is 3.67. The number of nitrogens with zero attached hydrogens (tertiary/aromatic N) is 1. The average molecular weight is 315 g/mol. The number of aryl methyl sites for hydroxylation is 2. The van der Waals surface area contributed by atoms with E-state index in [1.54, 1.807) is 31.2 Å². The van der Waals surface area contributed by atoms with Crippen molar-refractivity contribution in [1.29, 1.82) is 0 Å². The number of amides is 1. The zero-order valence-electron chi connectivity index (χ0n) is 13.8. The number of esters is 1. The maximum absolute atomic E-state index is 12.4. The van der Waals surface area contributed by atoms with Crippen LogP contribution in [0.1, 0.15) is 47.1 Å². The number of carbonyl (C=O) groups is 2. The van der Waals surface area contributed by atoms with E-state index in [0.717, 1.165) is 17.0 Å². The fourth-order valence-corrected chi connectivity index (χ4v) is 2.48. The second-order valence-corrected chi connectivity index (χ2v) is 5.36. The van der Waals surface area contributed by atoms with Crippen molar-refractivity contribution in [2.45, 2.75) is 33.6 Å². The summed E-state index contributed by atoms with van der Waals surface area (Å²) in [5.74, 6) is -0.816. The summed E-state index contributed by atoms with van der Waals surface area (Å²) in [7, 11) is 0. The molecule has 1 aromatic heterocycles. The molecule has 1 amide bonds. The number of rotatable bonds is 5. The topological polar surface area (TPSA) is 84.1 Å². The molecule has 2 N–H and O–H groups in total. The van der Waals surface area contributed by atoms with E-state index in [4.69, 9.17) is 4.74 Å². The molecular weight excluding hydrogens is 294 g/mol. The number of nitrogens with one attached hydrogen (secondary N) is 2. The van der Waals surface area contributed by atoms with Gasteiger partial charge in [0.05, 0.1) is 23.8 Å². The maximum Gasteiger partial charge on any atom is 0.338 e. The maximum atomic E-state index is 12.4. The number of aromatic nitrogens is 2. The molecule has 2 aromatic rings. The van der Waals surface area contributed by atoms with E-state index in [0.29, 0.717) is 17.9 Å². The molecule has 122 valence electrons. The quantitative estimate of drug-likeness (QED) is 0.831. The molecule has 1 unspecified atom stereocenters. The highest BCUT2D eigenvalue weighted by molar-refractivity contribution is 5.96. The highest BCUT2D eigenvalue weighted by Crippen LogP contribution is 2.23. The molecule has 0 bridgehead atoms. The number of ether oxygens (including phenoxy) is 1. The molecule has 0 aliphatic heterocycles. The molecule has 2 rings (SSSR count). The van der Waals surface area contributed by atoms with Gasteiger partial charge in [-0.25, -0.2) is 4.79 Å². The van der Waals surface area contributed by atoms with E-state index in [1.807, 2.05) is 20.8 Å². The Morgan fingerprint density at radius 3 is 2.43 bits per heavy atom. The highest BCUT2D eigenvalue weighted by Gasteiger charge is 2.21. The minimum Gasteiger partial charge on any atom is -0.462 e. The van der Waals surface area contributed by atoms with Crippen molar-refractivity contribution in [3.05, 3.63) is 46.8 Å². The van der Waals surface area contributed by atoms with Gasteiger partial charge in [0.2, 0.25) is 5.91 Å². The minimum atomic E-state index is -0.372. The van der Waals surface area contributed by atoms with Crippen LogP contribution in [0.25, 0.3) is 0 Å². The van der Waals surface area contributed by atoms with Crippen molar-refractivity contribution < 1.29 is 14.3 Å². The Kier molecular flexibility index (Phi) is 5.16. The Balaban J connectivity index is 2.07. The van der Waals surface area contributed by atoms with Gasteiger partial charge in [-0.2, -0.15) is 5.10 Å². The summed E-state index contributed by atoms with van der Waals surface area (Å²) in [4.78, 5) is 24.0. The summed E-state index contributed by atoms with van der Waals surface area (Å²) in [6.45, 7) is 7.70. The van der Waals surface area contributed by atoms with Gasteiger partial charge in [0.15, 0.2) is 0 Å². The molecule has 0 spiro atoms. The molecule has 0 radical (unpaired) electrons. The molecule has 0 aliphatic carbocycles. The SMILES string of the molecule is CCOC(=O)c1ccc(NC(=O)C(C)c2c(C)n[nH]c2C)cc1. The molecule has 23 heavy (non-hydrogen) atoms. The smallest absolute Gasteiger partial charge is 0.338 e. The fraction of sp³-hybridized carbons (Fsp3) is 0.353. The highest BCUT2D eigenvalue weighted by atomic mass is 16.5. The van der Waals surface area contributed by atoms with E-state index < -0.39 is 0 Å². The van der Waals surface area contributed by atoms with Crippen LogP contribution in [0.15, 0.2) is 24.3 Å². The standard InChI is InChI=1S/C17H21N3O3/c1-5-23-17(22)13-6-8-14(9-7-13)18-16(21)10(2)15-11(3)19-20-12(15)4/h6-10H,5H2,1-4H3,(H,18,21)(H,19,20). The van der Waals surface area contributed by atoms with E-state index in [-0.39, 0.29) is 17.8 Å². The number of carbonyl (C=O) groups excluding carboxylic acids is 2. The lowest BCUT2D eigenvalue weighted by Gasteiger charge is -2.13. The minimum absolute atomic E-state index is 0.124. The summed E-state index contributed by atoms with van der Waals surface area (Å²) < 4.78 is 4.93. The van der Waals surface area contributed by atoms with Crippen LogP contribution < -0.4 is 5.32 Å². The summed E-state index contributed by atoms with van der Waals surface area (Å²) in [5.41, 5.74) is 3.71. The van der Waals surface area contributed by atoms with E-state index in [1.165, 1.54) is 0 Å². The summed E-state index contributed by atoms with van der Waals surface area (Å²) in [6.07, 6.45) is 0. The van der Waals surface area contributed by atoms with Crippen molar-refractivity contribution in [1.82, 2.24) is 10.2 Å². The summed E-state index contributed by atoms with van der Waals surface area (Å²) >= 11 is 0. The van der Waals surface area contributed by atoms with Gasteiger partial charge in [-0.05, 0) is 52.0 Å². The van der Waals surface area contributed by atoms with Crippen molar-refractivity contribution in [2.75, 3.05) is 11.9 Å². The van der Waals surface area contributed by atoms with Crippen LogP contribution in [0.5, 0.6) is 0 Å². The lowest BCUT2D eigenvalue weighted by Crippen LogP contribution is -2.19. The molecule has 1 atom stereocenters. The van der Waals surface area contributed by atoms with Crippen LogP contribution >= 0.6 is 0 Å². The van der Waals surface area contributed by atoms with Gasteiger partial charge in [0.25, 0.3) is 0 Å². The van der Waals surface area contributed by atoms with Crippen LogP contribution in [0.2, 0.25) is 0 Å². The number of benzene rings is 1. The van der Waals surface area contributed by atoms with Crippen molar-refractivity contribution in [2.24, 2.45) is 0 Å². The molecule has 1 heterocycles. The number of H-pyrrole nitrogens is 1. The number of anilines is 1. The van der Waals surface area contributed by atoms with Crippen LogP contribution in [-0.2, 0) is 9.53 Å². The summed E-state index contributed by atoms with van der Waals surface area (Å²) in [5, 5.41) is 9.86. The van der Waals surface area contributed by atoms with Gasteiger partial charge in [-0.3, -0.25) is 9.89 Å². The van der Waals surface area contributed by atoms with Gasteiger partial charge in [-0.15, -0.1) is 0 Å². The molecule has 0 aliphatic rings. The first-order valence-corrected chi connectivity index (χ1v) is 7.53. The van der Waals surface area contributed by atoms with Crippen LogP contribution in [0.4, 0.5) is 5.69 Å². The van der Waals surface area contributed by atoms with Gasteiger partial charge >= 0.3 is 5.97 Å². The number of aromatic amines is 1. The second-order valence-electron chi connectivity index (χ2n) is 5.36. The first-order valence-electron chi connectivity index (χ1n) is 7.53. The lowest BCUT2D eigenvalue weighted by atomic mass is 9.98. The predicted octanol–water partition coefficient (Wildman–Crippen LogP) is 2.95. The van der Waals surface area contributed by atoms with Crippen molar-refractivity contribution >= 4 is 17.6 Å². The Morgan fingerprint density at radius 1 is 1.26 bits per heavy atom. The first-order chi connectivity index (χ1) is 10.9. The van der Waals surface area contributed by atoms with Gasteiger partial charge < -0.3 is 10.1 Å². The zero-order chi connectivity index (χ0) is 17.0. The van der Waals surface area contributed by atoms with Gasteiger partial charge in [0.1, 0.15) is 0 Å². The number of hydrogen-bond donors (Lipinski definition) is 2. The first kappa shape index (κ1) is 16.7. The van der Waals surface area contributed by atoms with Gasteiger partial charge in [-0.1, -0.05) is 0 Å². The van der Waals surface area contributed by atoms with Crippen molar-refractivity contribution in [3.8, 4) is 0 Å². The molecule has 6 heteroatoms. The molecule has 1 aromatic carbocycles. The molecule has 0 saturated carbocycles. The van der Waals surface area contributed by atoms with Crippen molar-refractivity contribution in [3.63, 3.8) is 0 Å². The van der Waals surface area contributed by atoms with Crippen LogP contribution in [0, 0.1) is 13.8 Å². The number of hydrogen-bond acceptors (Lipinski definition) is 4. The van der Waals surface area contributed by atoms with E-state index in [9.17, 15) is 9.59 Å². The third kappa shape index (κ3) is 3.77. The Bertz CT molecular complexity index is 685. The van der Waals surface area contributed by atoms with Crippen LogP contribution in [0.3, 0.4) is 0 Å². The monoisotopic (exact) mass is 315 g/mol. The van der Waals surface area contributed by atoms with Gasteiger partial charge in [0, 0.05) is 16.9 Å². The van der Waals surface area contributed by atoms with E-state index >= 15 is 0 Å². The summed E-state index contributed by atoms with van der Waals surface area (Å²) in [6, 6.07) is 6.64. The lowest BCUT2D eigenvalue weighted by molar-refractivity contribution is -0.117.